The first-order valence-corrected chi connectivity index (χ1v) is 18.2. The second-order valence-corrected chi connectivity index (χ2v) is 13.3. The molecule has 0 N–H and O–H groups in total. The van der Waals surface area contributed by atoms with Crippen molar-refractivity contribution in [2.24, 2.45) is 0 Å². The summed E-state index contributed by atoms with van der Waals surface area (Å²) in [7, 11) is 0. The smallest absolute Gasteiger partial charge is 0.164 e. The molecule has 6 nitrogen and oxygen atoms in total. The van der Waals surface area contributed by atoms with E-state index in [4.69, 9.17) is 24.4 Å². The first-order valence-electron chi connectivity index (χ1n) is 18.2. The molecule has 0 atom stereocenters. The highest BCUT2D eigenvalue weighted by atomic mass is 16.3. The van der Waals surface area contributed by atoms with E-state index in [1.165, 1.54) is 0 Å². The maximum absolute atomic E-state index is 6.70. The van der Waals surface area contributed by atoms with Crippen LogP contribution in [-0.2, 0) is 0 Å². The van der Waals surface area contributed by atoms with Gasteiger partial charge in [0.15, 0.2) is 17.5 Å². The van der Waals surface area contributed by atoms with Gasteiger partial charge in [-0.2, -0.15) is 0 Å². The molecule has 0 aliphatic heterocycles. The number of rotatable bonds is 7. The Hall–Kier alpha value is -7.57. The molecule has 4 heterocycles. The lowest BCUT2D eigenvalue weighted by Gasteiger charge is -2.10. The van der Waals surface area contributed by atoms with E-state index >= 15 is 0 Å². The largest absolute Gasteiger partial charge is 0.455 e. The number of fused-ring (bicyclic) bond motifs is 3. The number of furan rings is 1. The Kier molecular flexibility index (Phi) is 8.04. The minimum Gasteiger partial charge on any atom is -0.455 e. The summed E-state index contributed by atoms with van der Waals surface area (Å²) < 4.78 is 6.70. The SMILES string of the molecule is c1ccc(-c2nc(-c3ccccc3)nc(-c3ccc(-c4cccc5oc6c(-c7ccccn7)cc(-c7ccc(-c8ccccn8)cc7)cc6c45)cc3)n2)cc1. The molecule has 6 aromatic carbocycles. The molecule has 0 aliphatic rings. The summed E-state index contributed by atoms with van der Waals surface area (Å²) in [5.74, 6) is 1.88. The van der Waals surface area contributed by atoms with Crippen LogP contribution in [0.2, 0.25) is 0 Å². The summed E-state index contributed by atoms with van der Waals surface area (Å²) in [6.45, 7) is 0. The van der Waals surface area contributed by atoms with Crippen molar-refractivity contribution in [1.82, 2.24) is 24.9 Å². The van der Waals surface area contributed by atoms with Crippen molar-refractivity contribution in [2.75, 3.05) is 0 Å². The number of pyridine rings is 2. The molecule has 10 rings (SSSR count). The summed E-state index contributed by atoms with van der Waals surface area (Å²) >= 11 is 0. The van der Waals surface area contributed by atoms with Gasteiger partial charge in [0.2, 0.25) is 0 Å². The van der Waals surface area contributed by atoms with Gasteiger partial charge in [0.05, 0.1) is 11.4 Å². The molecule has 0 saturated carbocycles. The van der Waals surface area contributed by atoms with Crippen molar-refractivity contribution in [3.8, 4) is 78.9 Å². The normalized spacial score (nSPS) is 11.3. The number of benzene rings is 6. The van der Waals surface area contributed by atoms with Gasteiger partial charge in [-0.1, -0.05) is 133 Å². The molecule has 0 fully saturated rings. The molecule has 0 amide bonds. The molecule has 0 unspecified atom stereocenters. The molecule has 258 valence electrons. The second kappa shape index (κ2) is 13.8. The van der Waals surface area contributed by atoms with Crippen molar-refractivity contribution in [1.29, 1.82) is 0 Å². The number of hydrogen-bond acceptors (Lipinski definition) is 6. The van der Waals surface area contributed by atoms with E-state index in [1.54, 1.807) is 0 Å². The van der Waals surface area contributed by atoms with E-state index in [1.807, 2.05) is 116 Å². The van der Waals surface area contributed by atoms with Gasteiger partial charge in [0.25, 0.3) is 0 Å². The van der Waals surface area contributed by atoms with E-state index in [2.05, 4.69) is 77.8 Å². The highest BCUT2D eigenvalue weighted by Crippen LogP contribution is 2.43. The third-order valence-corrected chi connectivity index (χ3v) is 9.87. The first kappa shape index (κ1) is 32.1. The topological polar surface area (TPSA) is 77.6 Å². The van der Waals surface area contributed by atoms with Gasteiger partial charge >= 0.3 is 0 Å². The fourth-order valence-corrected chi connectivity index (χ4v) is 7.15. The third kappa shape index (κ3) is 6.11. The molecule has 0 saturated heterocycles. The zero-order valence-corrected chi connectivity index (χ0v) is 29.5. The minimum absolute atomic E-state index is 0.616. The summed E-state index contributed by atoms with van der Waals surface area (Å²) in [6, 6.07) is 59.7. The molecular weight excluding hydrogens is 675 g/mol. The van der Waals surface area contributed by atoms with Gasteiger partial charge in [-0.25, -0.2) is 15.0 Å². The molecular formula is C49H31N5O. The van der Waals surface area contributed by atoms with Gasteiger partial charge in [0.1, 0.15) is 11.2 Å². The highest BCUT2D eigenvalue weighted by molar-refractivity contribution is 6.16. The van der Waals surface area contributed by atoms with Crippen molar-refractivity contribution >= 4 is 21.9 Å². The molecule has 0 aliphatic carbocycles. The van der Waals surface area contributed by atoms with Crippen LogP contribution in [0, 0.1) is 0 Å². The predicted octanol–water partition coefficient (Wildman–Crippen LogP) is 12.2. The van der Waals surface area contributed by atoms with Gasteiger partial charge in [-0.05, 0) is 64.7 Å². The number of aromatic nitrogens is 5. The van der Waals surface area contributed by atoms with Crippen LogP contribution in [0.5, 0.6) is 0 Å². The average molecular weight is 706 g/mol. The van der Waals surface area contributed by atoms with Crippen LogP contribution < -0.4 is 0 Å². The van der Waals surface area contributed by atoms with Crippen LogP contribution in [0.4, 0.5) is 0 Å². The Morgan fingerprint density at radius 3 is 1.47 bits per heavy atom. The quantitative estimate of drug-likeness (QED) is 0.164. The van der Waals surface area contributed by atoms with Gasteiger partial charge < -0.3 is 4.42 Å². The number of hydrogen-bond donors (Lipinski definition) is 0. The molecule has 4 aromatic heterocycles. The second-order valence-electron chi connectivity index (χ2n) is 13.3. The van der Waals surface area contributed by atoms with Gasteiger partial charge in [-0.3, -0.25) is 9.97 Å². The molecule has 0 radical (unpaired) electrons. The minimum atomic E-state index is 0.616. The Morgan fingerprint density at radius 1 is 0.345 bits per heavy atom. The van der Waals surface area contributed by atoms with Crippen molar-refractivity contribution in [3.05, 3.63) is 188 Å². The van der Waals surface area contributed by atoms with E-state index in [0.29, 0.717) is 17.5 Å². The van der Waals surface area contributed by atoms with Crippen molar-refractivity contribution < 1.29 is 4.42 Å². The zero-order chi connectivity index (χ0) is 36.6. The lowest BCUT2D eigenvalue weighted by Crippen LogP contribution is -2.00. The Labute approximate surface area is 317 Å². The van der Waals surface area contributed by atoms with Crippen molar-refractivity contribution in [2.45, 2.75) is 0 Å². The van der Waals surface area contributed by atoms with Crippen molar-refractivity contribution in [3.63, 3.8) is 0 Å². The maximum Gasteiger partial charge on any atom is 0.164 e. The Morgan fingerprint density at radius 2 is 0.873 bits per heavy atom. The molecule has 6 heteroatoms. The van der Waals surface area contributed by atoms with Gasteiger partial charge in [-0.15, -0.1) is 0 Å². The van der Waals surface area contributed by atoms with E-state index in [0.717, 1.165) is 83.4 Å². The van der Waals surface area contributed by atoms with Crippen LogP contribution in [-0.4, -0.2) is 24.9 Å². The molecule has 55 heavy (non-hydrogen) atoms. The maximum atomic E-state index is 6.70. The zero-order valence-electron chi connectivity index (χ0n) is 29.5. The fourth-order valence-electron chi connectivity index (χ4n) is 7.15. The monoisotopic (exact) mass is 705 g/mol. The average Bonchev–Trinajstić information content (AvgIpc) is 3.66. The predicted molar refractivity (Wildman–Crippen MR) is 221 cm³/mol. The van der Waals surface area contributed by atoms with Crippen LogP contribution >= 0.6 is 0 Å². The lowest BCUT2D eigenvalue weighted by molar-refractivity contribution is 0.670. The summed E-state index contributed by atoms with van der Waals surface area (Å²) in [6.07, 6.45) is 3.64. The molecule has 10 aromatic rings. The molecule has 0 spiro atoms. The summed E-state index contributed by atoms with van der Waals surface area (Å²) in [4.78, 5) is 24.0. The van der Waals surface area contributed by atoms with E-state index in [-0.39, 0.29) is 0 Å². The van der Waals surface area contributed by atoms with E-state index in [9.17, 15) is 0 Å². The van der Waals surface area contributed by atoms with Crippen LogP contribution in [0.15, 0.2) is 193 Å². The van der Waals surface area contributed by atoms with Crippen LogP contribution in [0.25, 0.3) is 101 Å². The third-order valence-electron chi connectivity index (χ3n) is 9.87. The lowest BCUT2D eigenvalue weighted by atomic mass is 9.94. The van der Waals surface area contributed by atoms with Crippen LogP contribution in [0.3, 0.4) is 0 Å². The Balaban J connectivity index is 1.09. The molecule has 0 bridgehead atoms. The summed E-state index contributed by atoms with van der Waals surface area (Å²) in [5, 5.41) is 2.08. The first-order chi connectivity index (χ1) is 27.2. The van der Waals surface area contributed by atoms with E-state index < -0.39 is 0 Å². The highest BCUT2D eigenvalue weighted by Gasteiger charge is 2.19. The summed E-state index contributed by atoms with van der Waals surface area (Å²) in [5.41, 5.74) is 12.5. The van der Waals surface area contributed by atoms with Crippen LogP contribution in [0.1, 0.15) is 0 Å². The fraction of sp³-hybridized carbons (Fsp3) is 0. The standard InChI is InChI=1S/C49H31N5O/c1-3-12-35(13-4-1)47-52-48(36-14-5-2-6-15-36)54-49(53-47)37-26-22-33(23-27-37)39-16-11-19-44-45(39)41-31-38(30-40(46(41)55-44)43-18-8-10-29-51-43)32-20-24-34(25-21-32)42-17-7-9-28-50-42/h1-31H. The Bertz CT molecular complexity index is 2870. The van der Waals surface area contributed by atoms with Gasteiger partial charge in [0, 0.05) is 51.0 Å². The number of nitrogens with zero attached hydrogens (tertiary/aromatic N) is 5.